The van der Waals surface area contributed by atoms with Crippen molar-refractivity contribution in [2.45, 2.75) is 25.5 Å². The van der Waals surface area contributed by atoms with E-state index in [1.165, 1.54) is 0 Å². The summed E-state index contributed by atoms with van der Waals surface area (Å²) in [6, 6.07) is 12.7. The number of phenols is 1. The summed E-state index contributed by atoms with van der Waals surface area (Å²) in [6.07, 6.45) is 0.845. The van der Waals surface area contributed by atoms with E-state index in [0.29, 0.717) is 5.56 Å². The van der Waals surface area contributed by atoms with Crippen LogP contribution in [0.2, 0.25) is 0 Å². The average molecular weight is 369 g/mol. The maximum Gasteiger partial charge on any atom is 0.277 e. The van der Waals surface area contributed by atoms with Crippen molar-refractivity contribution >= 4 is 23.4 Å². The van der Waals surface area contributed by atoms with Gasteiger partial charge >= 0.3 is 0 Å². The van der Waals surface area contributed by atoms with Crippen LogP contribution >= 0.6 is 11.8 Å². The number of aryl methyl sites for hydroxylation is 2. The number of rotatable bonds is 6. The molecule has 2 N–H and O–H groups in total. The maximum absolute atomic E-state index is 12.3. The Morgan fingerprint density at radius 1 is 1.19 bits per heavy atom. The topological polar surface area (TPSA) is 88.2 Å². The third-order valence-corrected chi connectivity index (χ3v) is 4.69. The first kappa shape index (κ1) is 18.0. The summed E-state index contributed by atoms with van der Waals surface area (Å²) in [5, 5.41) is 20.9. The molecule has 0 unspecified atom stereocenters. The van der Waals surface area contributed by atoms with Gasteiger partial charge in [0.1, 0.15) is 5.75 Å². The van der Waals surface area contributed by atoms with Gasteiger partial charge in [0, 0.05) is 5.69 Å². The van der Waals surface area contributed by atoms with E-state index in [0.717, 1.165) is 35.0 Å². The van der Waals surface area contributed by atoms with Crippen molar-refractivity contribution in [2.75, 3.05) is 11.1 Å². The minimum Gasteiger partial charge on any atom is -0.507 e. The van der Waals surface area contributed by atoms with E-state index in [1.807, 2.05) is 25.1 Å². The van der Waals surface area contributed by atoms with Crippen LogP contribution in [0.25, 0.3) is 11.5 Å². The SMILES string of the molecule is CCc1cccc(C)c1NC(=O)CSc1nnc(-c2ccccc2O)o1. The van der Waals surface area contributed by atoms with E-state index in [2.05, 4.69) is 22.4 Å². The van der Waals surface area contributed by atoms with Crippen LogP contribution in [-0.2, 0) is 11.2 Å². The van der Waals surface area contributed by atoms with Gasteiger partial charge in [-0.25, -0.2) is 0 Å². The van der Waals surface area contributed by atoms with E-state index in [9.17, 15) is 9.90 Å². The average Bonchev–Trinajstić information content (AvgIpc) is 3.11. The number of phenolic OH excluding ortho intramolecular Hbond substituents is 1. The predicted octanol–water partition coefficient (Wildman–Crippen LogP) is 4.04. The van der Waals surface area contributed by atoms with Crippen LogP contribution in [0.5, 0.6) is 5.75 Å². The fourth-order valence-corrected chi connectivity index (χ4v) is 3.10. The molecule has 0 bridgehead atoms. The summed E-state index contributed by atoms with van der Waals surface area (Å²) in [5.41, 5.74) is 3.45. The van der Waals surface area contributed by atoms with Gasteiger partial charge in [0.05, 0.1) is 11.3 Å². The van der Waals surface area contributed by atoms with Crippen molar-refractivity contribution in [3.05, 3.63) is 53.6 Å². The maximum atomic E-state index is 12.3. The summed E-state index contributed by atoms with van der Waals surface area (Å²) >= 11 is 1.15. The van der Waals surface area contributed by atoms with Crippen LogP contribution in [0.4, 0.5) is 5.69 Å². The number of amides is 1. The molecule has 0 aliphatic carbocycles. The minimum absolute atomic E-state index is 0.0668. The van der Waals surface area contributed by atoms with Gasteiger partial charge in [-0.1, -0.05) is 49.0 Å². The van der Waals surface area contributed by atoms with Gasteiger partial charge in [-0.3, -0.25) is 4.79 Å². The van der Waals surface area contributed by atoms with E-state index >= 15 is 0 Å². The zero-order valence-corrected chi connectivity index (χ0v) is 15.3. The molecule has 134 valence electrons. The third-order valence-electron chi connectivity index (χ3n) is 3.87. The second-order valence-corrected chi connectivity index (χ2v) is 6.62. The van der Waals surface area contributed by atoms with Crippen LogP contribution in [0.3, 0.4) is 0 Å². The summed E-state index contributed by atoms with van der Waals surface area (Å²) < 4.78 is 5.52. The number of carbonyl (C=O) groups is 1. The number of hydrogen-bond acceptors (Lipinski definition) is 6. The lowest BCUT2D eigenvalue weighted by molar-refractivity contribution is -0.113. The molecule has 1 aromatic heterocycles. The molecule has 0 spiro atoms. The van der Waals surface area contributed by atoms with Crippen LogP contribution in [-0.4, -0.2) is 27.0 Å². The highest BCUT2D eigenvalue weighted by molar-refractivity contribution is 7.99. The van der Waals surface area contributed by atoms with Crippen molar-refractivity contribution in [3.8, 4) is 17.2 Å². The van der Waals surface area contributed by atoms with Gasteiger partial charge < -0.3 is 14.8 Å². The van der Waals surface area contributed by atoms with Gasteiger partial charge in [-0.2, -0.15) is 0 Å². The number of aromatic hydroxyl groups is 1. The number of benzene rings is 2. The van der Waals surface area contributed by atoms with Gasteiger partial charge in [0.2, 0.25) is 5.91 Å². The molecule has 3 rings (SSSR count). The normalized spacial score (nSPS) is 10.7. The summed E-state index contributed by atoms with van der Waals surface area (Å²) in [4.78, 5) is 12.3. The van der Waals surface area contributed by atoms with E-state index in [-0.39, 0.29) is 28.5 Å². The lowest BCUT2D eigenvalue weighted by Crippen LogP contribution is -2.16. The Morgan fingerprint density at radius 2 is 2.00 bits per heavy atom. The molecule has 3 aromatic rings. The minimum atomic E-state index is -0.138. The van der Waals surface area contributed by atoms with Gasteiger partial charge in [0.15, 0.2) is 0 Å². The number of carbonyl (C=O) groups excluding carboxylic acids is 1. The predicted molar refractivity (Wildman–Crippen MR) is 101 cm³/mol. The van der Waals surface area contributed by atoms with Crippen LogP contribution in [0, 0.1) is 6.92 Å². The largest absolute Gasteiger partial charge is 0.507 e. The number of para-hydroxylation sites is 2. The van der Waals surface area contributed by atoms with E-state index in [1.54, 1.807) is 24.3 Å². The number of aromatic nitrogens is 2. The Morgan fingerprint density at radius 3 is 2.77 bits per heavy atom. The van der Waals surface area contributed by atoms with Crippen molar-refractivity contribution < 1.29 is 14.3 Å². The molecule has 0 aliphatic heterocycles. The molecule has 7 heteroatoms. The molecule has 0 aliphatic rings. The first-order valence-corrected chi connectivity index (χ1v) is 9.20. The van der Waals surface area contributed by atoms with Gasteiger partial charge in [-0.05, 0) is 36.6 Å². The fourth-order valence-electron chi connectivity index (χ4n) is 2.54. The second-order valence-electron chi connectivity index (χ2n) is 5.69. The third kappa shape index (κ3) is 4.05. The molecule has 0 radical (unpaired) electrons. The number of hydrogen-bond donors (Lipinski definition) is 2. The molecule has 2 aromatic carbocycles. The summed E-state index contributed by atoms with van der Waals surface area (Å²) in [6.45, 7) is 4.02. The summed E-state index contributed by atoms with van der Waals surface area (Å²) in [7, 11) is 0. The van der Waals surface area contributed by atoms with E-state index < -0.39 is 0 Å². The molecule has 1 heterocycles. The lowest BCUT2D eigenvalue weighted by atomic mass is 10.1. The molecule has 0 saturated carbocycles. The fraction of sp³-hybridized carbons (Fsp3) is 0.211. The number of nitrogens with one attached hydrogen (secondary N) is 1. The number of thioether (sulfide) groups is 1. The van der Waals surface area contributed by atoms with Crippen molar-refractivity contribution in [1.29, 1.82) is 0 Å². The van der Waals surface area contributed by atoms with Crippen LogP contribution in [0.15, 0.2) is 52.1 Å². The molecule has 0 fully saturated rings. The Balaban J connectivity index is 1.63. The first-order valence-electron chi connectivity index (χ1n) is 8.21. The smallest absolute Gasteiger partial charge is 0.277 e. The van der Waals surface area contributed by atoms with Gasteiger partial charge in [0.25, 0.3) is 11.1 Å². The standard InChI is InChI=1S/C19H19N3O3S/c1-3-13-8-6-7-12(2)17(13)20-16(24)11-26-19-22-21-18(25-19)14-9-4-5-10-15(14)23/h4-10,23H,3,11H2,1-2H3,(H,20,24). The molecule has 1 amide bonds. The highest BCUT2D eigenvalue weighted by Crippen LogP contribution is 2.29. The Hall–Kier alpha value is -2.80. The Kier molecular flexibility index (Phi) is 5.58. The van der Waals surface area contributed by atoms with Gasteiger partial charge in [-0.15, -0.1) is 10.2 Å². The highest BCUT2D eigenvalue weighted by atomic mass is 32.2. The molecular formula is C19H19N3O3S. The lowest BCUT2D eigenvalue weighted by Gasteiger charge is -2.12. The molecular weight excluding hydrogens is 350 g/mol. The number of anilines is 1. The molecule has 0 saturated heterocycles. The zero-order chi connectivity index (χ0) is 18.5. The van der Waals surface area contributed by atoms with Crippen molar-refractivity contribution in [2.24, 2.45) is 0 Å². The number of nitrogens with zero attached hydrogens (tertiary/aromatic N) is 2. The quantitative estimate of drug-likeness (QED) is 0.638. The Labute approximate surface area is 155 Å². The monoisotopic (exact) mass is 369 g/mol. The van der Waals surface area contributed by atoms with E-state index in [4.69, 9.17) is 4.42 Å². The highest BCUT2D eigenvalue weighted by Gasteiger charge is 2.14. The molecule has 26 heavy (non-hydrogen) atoms. The van der Waals surface area contributed by atoms with Crippen LogP contribution < -0.4 is 5.32 Å². The Bertz CT molecular complexity index is 924. The van der Waals surface area contributed by atoms with Crippen molar-refractivity contribution in [1.82, 2.24) is 10.2 Å². The first-order chi connectivity index (χ1) is 12.6. The molecule has 0 atom stereocenters. The summed E-state index contributed by atoms with van der Waals surface area (Å²) in [5.74, 6) is 0.302. The molecule has 6 nitrogen and oxygen atoms in total. The second kappa shape index (κ2) is 8.05. The zero-order valence-electron chi connectivity index (χ0n) is 14.5. The van der Waals surface area contributed by atoms with Crippen LogP contribution in [0.1, 0.15) is 18.1 Å². The van der Waals surface area contributed by atoms with Crippen molar-refractivity contribution in [3.63, 3.8) is 0 Å².